The zero-order chi connectivity index (χ0) is 32.4. The Hall–Kier alpha value is -0.910. The number of unbranched alkanes of at least 4 members (excludes halogenated alkanes) is 25. The minimum absolute atomic E-state index is 0.154. The first-order valence-corrected chi connectivity index (χ1v) is 19.5. The molecule has 0 spiro atoms. The monoisotopic (exact) mass is 624 g/mol. The molecule has 3 atom stereocenters. The van der Waals surface area contributed by atoms with E-state index >= 15 is 0 Å². The minimum Gasteiger partial charge on any atom is -0.394 e. The van der Waals surface area contributed by atoms with Crippen LogP contribution in [-0.2, 0) is 4.79 Å². The highest BCUT2D eigenvalue weighted by atomic mass is 16.3. The van der Waals surface area contributed by atoms with Crippen LogP contribution in [-0.4, -0.2) is 46.1 Å². The smallest absolute Gasteiger partial charge is 0.220 e. The Balaban J connectivity index is 3.64. The molecule has 5 heteroatoms. The molecule has 0 bridgehead atoms. The Morgan fingerprint density at radius 1 is 0.545 bits per heavy atom. The Morgan fingerprint density at radius 3 is 1.36 bits per heavy atom. The van der Waals surface area contributed by atoms with Gasteiger partial charge in [-0.15, -0.1) is 0 Å². The van der Waals surface area contributed by atoms with Crippen LogP contribution in [0.1, 0.15) is 206 Å². The number of aliphatic hydroxyl groups is 3. The molecule has 0 aromatic carbocycles. The van der Waals surface area contributed by atoms with Crippen molar-refractivity contribution in [1.29, 1.82) is 0 Å². The average Bonchev–Trinajstić information content (AvgIpc) is 3.03. The first-order valence-electron chi connectivity index (χ1n) is 19.5. The van der Waals surface area contributed by atoms with Crippen LogP contribution in [0.25, 0.3) is 0 Å². The van der Waals surface area contributed by atoms with Crippen molar-refractivity contribution < 1.29 is 20.1 Å². The minimum atomic E-state index is -1.13. The fourth-order valence-corrected chi connectivity index (χ4v) is 6.04. The summed E-state index contributed by atoms with van der Waals surface area (Å²) in [7, 11) is 0. The van der Waals surface area contributed by atoms with Gasteiger partial charge in [-0.3, -0.25) is 4.79 Å². The topological polar surface area (TPSA) is 89.8 Å². The number of nitrogens with one attached hydrogen (secondary N) is 1. The number of amides is 1. The molecule has 4 N–H and O–H groups in total. The third-order valence-electron chi connectivity index (χ3n) is 9.12. The van der Waals surface area contributed by atoms with Gasteiger partial charge in [-0.2, -0.15) is 0 Å². The van der Waals surface area contributed by atoms with Crippen molar-refractivity contribution >= 4 is 5.91 Å². The van der Waals surface area contributed by atoms with Gasteiger partial charge in [0.05, 0.1) is 18.8 Å². The number of carbonyl (C=O) groups is 1. The van der Waals surface area contributed by atoms with Gasteiger partial charge in [0.15, 0.2) is 0 Å². The van der Waals surface area contributed by atoms with Crippen molar-refractivity contribution in [2.45, 2.75) is 225 Å². The lowest BCUT2D eigenvalue weighted by Gasteiger charge is -2.26. The summed E-state index contributed by atoms with van der Waals surface area (Å²) in [5, 5.41) is 33.4. The maximum atomic E-state index is 12.3. The third-order valence-corrected chi connectivity index (χ3v) is 9.12. The molecule has 0 aliphatic rings. The predicted octanol–water partition coefficient (Wildman–Crippen LogP) is 10.5. The molecule has 0 saturated carbocycles. The van der Waals surface area contributed by atoms with Crippen molar-refractivity contribution in [1.82, 2.24) is 5.32 Å². The van der Waals surface area contributed by atoms with Crippen LogP contribution in [0.4, 0.5) is 0 Å². The van der Waals surface area contributed by atoms with Gasteiger partial charge in [-0.1, -0.05) is 174 Å². The molecule has 44 heavy (non-hydrogen) atoms. The van der Waals surface area contributed by atoms with E-state index in [1.807, 2.05) is 0 Å². The highest BCUT2D eigenvalue weighted by Crippen LogP contribution is 2.16. The third kappa shape index (κ3) is 29.8. The number of hydrogen-bond acceptors (Lipinski definition) is 4. The molecular weight excluding hydrogens is 546 g/mol. The Kier molecular flexibility index (Phi) is 34.2. The molecule has 5 nitrogen and oxygen atoms in total. The first-order chi connectivity index (χ1) is 21.6. The van der Waals surface area contributed by atoms with E-state index in [1.165, 1.54) is 135 Å². The molecule has 0 rings (SSSR count). The van der Waals surface area contributed by atoms with Crippen molar-refractivity contribution in [3.63, 3.8) is 0 Å². The van der Waals surface area contributed by atoms with Crippen molar-refractivity contribution in [2.24, 2.45) is 0 Å². The highest BCUT2D eigenvalue weighted by Gasteiger charge is 2.26. The summed E-state index contributed by atoms with van der Waals surface area (Å²) in [5.41, 5.74) is 0. The zero-order valence-electron chi connectivity index (χ0n) is 29.6. The maximum Gasteiger partial charge on any atom is 0.220 e. The second kappa shape index (κ2) is 35.0. The fraction of sp³-hybridized carbons (Fsp3) is 0.923. The molecule has 262 valence electrons. The predicted molar refractivity (Wildman–Crippen MR) is 190 cm³/mol. The molecule has 0 saturated heterocycles. The van der Waals surface area contributed by atoms with Crippen LogP contribution in [0.5, 0.6) is 0 Å². The Bertz CT molecular complexity index is 611. The van der Waals surface area contributed by atoms with Crippen LogP contribution < -0.4 is 5.32 Å². The van der Waals surface area contributed by atoms with Gasteiger partial charge < -0.3 is 20.6 Å². The second-order valence-electron chi connectivity index (χ2n) is 13.5. The van der Waals surface area contributed by atoms with Gasteiger partial charge in [0.25, 0.3) is 0 Å². The van der Waals surface area contributed by atoms with E-state index in [4.69, 9.17) is 0 Å². The maximum absolute atomic E-state index is 12.3. The number of aliphatic hydroxyl groups excluding tert-OH is 3. The van der Waals surface area contributed by atoms with Crippen molar-refractivity contribution in [3.8, 4) is 0 Å². The van der Waals surface area contributed by atoms with E-state index in [0.717, 1.165) is 44.9 Å². The average molecular weight is 624 g/mol. The van der Waals surface area contributed by atoms with Crippen LogP contribution in [0.3, 0.4) is 0 Å². The number of allylic oxidation sites excluding steroid dienone is 2. The summed E-state index contributed by atoms with van der Waals surface area (Å²) >= 11 is 0. The molecule has 0 heterocycles. The van der Waals surface area contributed by atoms with Crippen LogP contribution >= 0.6 is 0 Å². The van der Waals surface area contributed by atoms with E-state index in [1.54, 1.807) is 0 Å². The number of hydrogen-bond donors (Lipinski definition) is 4. The summed E-state index contributed by atoms with van der Waals surface area (Å²) in [4.78, 5) is 12.3. The summed E-state index contributed by atoms with van der Waals surface area (Å²) < 4.78 is 0. The van der Waals surface area contributed by atoms with Crippen LogP contribution in [0, 0.1) is 0 Å². The summed E-state index contributed by atoms with van der Waals surface area (Å²) in [6, 6.07) is -0.808. The molecule has 3 unspecified atom stereocenters. The quantitative estimate of drug-likeness (QED) is 0.0418. The van der Waals surface area contributed by atoms with Gasteiger partial charge in [0.2, 0.25) is 5.91 Å². The second-order valence-corrected chi connectivity index (χ2v) is 13.5. The first kappa shape index (κ1) is 43.1. The van der Waals surface area contributed by atoms with Gasteiger partial charge in [-0.25, -0.2) is 0 Å². The zero-order valence-corrected chi connectivity index (χ0v) is 29.6. The Labute approximate surface area is 274 Å². The molecular formula is C39H77NO4. The highest BCUT2D eigenvalue weighted by molar-refractivity contribution is 5.76. The van der Waals surface area contributed by atoms with E-state index in [9.17, 15) is 20.1 Å². The molecule has 0 radical (unpaired) electrons. The molecule has 0 aromatic rings. The van der Waals surface area contributed by atoms with Crippen molar-refractivity contribution in [2.75, 3.05) is 6.61 Å². The summed E-state index contributed by atoms with van der Waals surface area (Å²) in [6.07, 6.45) is 38.8. The van der Waals surface area contributed by atoms with Gasteiger partial charge >= 0.3 is 0 Å². The van der Waals surface area contributed by atoms with Gasteiger partial charge in [0, 0.05) is 6.42 Å². The fourth-order valence-electron chi connectivity index (χ4n) is 6.04. The van der Waals surface area contributed by atoms with E-state index in [2.05, 4.69) is 31.3 Å². The molecule has 1 amide bonds. The van der Waals surface area contributed by atoms with E-state index in [-0.39, 0.29) is 12.5 Å². The molecule has 0 aliphatic carbocycles. The lowest BCUT2D eigenvalue weighted by Crippen LogP contribution is -2.50. The van der Waals surface area contributed by atoms with Crippen molar-refractivity contribution in [3.05, 3.63) is 12.2 Å². The molecule has 0 aliphatic heterocycles. The van der Waals surface area contributed by atoms with Crippen LogP contribution in [0.2, 0.25) is 0 Å². The van der Waals surface area contributed by atoms with E-state index in [0.29, 0.717) is 12.8 Å². The Morgan fingerprint density at radius 2 is 0.909 bits per heavy atom. The number of rotatable bonds is 35. The van der Waals surface area contributed by atoms with Crippen LogP contribution in [0.15, 0.2) is 12.2 Å². The largest absolute Gasteiger partial charge is 0.394 e. The summed E-state index contributed by atoms with van der Waals surface area (Å²) in [6.45, 7) is 4.14. The van der Waals surface area contributed by atoms with Gasteiger partial charge in [-0.05, 0) is 38.5 Å². The summed E-state index contributed by atoms with van der Waals surface area (Å²) in [5.74, 6) is -0.154. The normalized spacial score (nSPS) is 13.8. The standard InChI is InChI=1S/C39H77NO4/c1-3-5-7-9-11-13-15-17-18-19-20-21-22-23-25-27-29-31-33-37(42)39(44)36(35-41)40-38(43)34-32-30-28-26-24-16-14-12-10-8-6-4-2/h12,14,36-37,39,41-42,44H,3-11,13,15-35H2,1-2H3,(H,40,43)/b14-12-. The lowest BCUT2D eigenvalue weighted by atomic mass is 9.99. The number of carbonyl (C=O) groups excluding carboxylic acids is 1. The van der Waals surface area contributed by atoms with Gasteiger partial charge in [0.1, 0.15) is 6.10 Å². The molecule has 0 aromatic heterocycles. The lowest BCUT2D eigenvalue weighted by molar-refractivity contribution is -0.124. The van der Waals surface area contributed by atoms with E-state index < -0.39 is 18.2 Å². The SMILES string of the molecule is CCCCC/C=C\CCCCCCCC(=O)NC(CO)C(O)C(O)CCCCCCCCCCCCCCCCCCCC. The molecule has 0 fully saturated rings.